The number of hydrogen-bond donors (Lipinski definition) is 1. The topological polar surface area (TPSA) is 25.0 Å². The molecule has 7 atom stereocenters. The van der Waals surface area contributed by atoms with Gasteiger partial charge in [-0.05, 0) is 141 Å². The van der Waals surface area contributed by atoms with Crippen molar-refractivity contribution in [3.8, 4) is 0 Å². The van der Waals surface area contributed by atoms with Crippen LogP contribution in [-0.2, 0) is 4.74 Å². The fourth-order valence-corrected chi connectivity index (χ4v) is 9.06. The molecular formula is C31H43NO. The Hall–Kier alpha value is -1.54. The molecule has 3 fully saturated rings. The van der Waals surface area contributed by atoms with Crippen molar-refractivity contribution >= 4 is 16.5 Å². The number of ether oxygens (including phenoxy) is 1. The zero-order chi connectivity index (χ0) is 23.0. The van der Waals surface area contributed by atoms with E-state index in [1.807, 2.05) is 0 Å². The van der Waals surface area contributed by atoms with Gasteiger partial charge in [-0.25, -0.2) is 0 Å². The number of allylic oxidation sites excluding steroid dienone is 2. The Bertz CT molecular complexity index is 1070. The Morgan fingerprint density at radius 3 is 2.64 bits per heavy atom. The normalized spacial score (nSPS) is 40.8. The van der Waals surface area contributed by atoms with Crippen molar-refractivity contribution in [1.29, 1.82) is 0 Å². The third-order valence-corrected chi connectivity index (χ3v) is 10.6. The first kappa shape index (κ1) is 22.0. The fraction of sp³-hybridized carbons (Fsp3) is 0.677. The van der Waals surface area contributed by atoms with Crippen LogP contribution in [0.3, 0.4) is 0 Å². The minimum absolute atomic E-state index is 0.0163. The maximum atomic E-state index is 6.47. The average molecular weight is 446 g/mol. The highest BCUT2D eigenvalue weighted by Crippen LogP contribution is 2.67. The lowest BCUT2D eigenvalue weighted by Crippen LogP contribution is -2.54. The van der Waals surface area contributed by atoms with Gasteiger partial charge >= 0.3 is 0 Å². The predicted octanol–water partition coefficient (Wildman–Crippen LogP) is 8.39. The van der Waals surface area contributed by atoms with Gasteiger partial charge in [0.25, 0.3) is 0 Å². The molecule has 2 nitrogen and oxygen atoms in total. The third kappa shape index (κ3) is 3.46. The van der Waals surface area contributed by atoms with E-state index in [2.05, 4.69) is 76.1 Å². The molecule has 0 saturated heterocycles. The Balaban J connectivity index is 1.23. The van der Waals surface area contributed by atoms with E-state index in [0.717, 1.165) is 23.7 Å². The van der Waals surface area contributed by atoms with Gasteiger partial charge < -0.3 is 9.72 Å². The highest BCUT2D eigenvalue weighted by molar-refractivity contribution is 5.85. The van der Waals surface area contributed by atoms with Crippen LogP contribution in [0.4, 0.5) is 0 Å². The summed E-state index contributed by atoms with van der Waals surface area (Å²) in [6.07, 6.45) is 16.0. The predicted molar refractivity (Wildman–Crippen MR) is 138 cm³/mol. The first-order chi connectivity index (χ1) is 15.7. The van der Waals surface area contributed by atoms with Gasteiger partial charge in [-0.3, -0.25) is 0 Å². The molecular weight excluding hydrogens is 402 g/mol. The molecule has 33 heavy (non-hydrogen) atoms. The number of fused-ring (bicyclic) bond motifs is 6. The molecule has 0 aliphatic heterocycles. The van der Waals surface area contributed by atoms with Crippen molar-refractivity contribution in [2.75, 3.05) is 0 Å². The van der Waals surface area contributed by atoms with E-state index in [1.54, 1.807) is 5.57 Å². The van der Waals surface area contributed by atoms with Crippen LogP contribution < -0.4 is 0 Å². The number of hydrogen-bond acceptors (Lipinski definition) is 1. The van der Waals surface area contributed by atoms with Crippen LogP contribution in [0.1, 0.15) is 91.5 Å². The number of benzene rings is 1. The Kier molecular flexibility index (Phi) is 4.98. The van der Waals surface area contributed by atoms with Gasteiger partial charge in [0.15, 0.2) is 0 Å². The summed E-state index contributed by atoms with van der Waals surface area (Å²) >= 11 is 0. The SMILES string of the molecule is CC(C)(C)O[C@H]1CC[C@@]2(C)[C@@H](CC[C@@H]3[C@@H]2CC[C@]2(C)C(c4ccc5[nH]ccc5c4)=CC[C@@H]32)C1. The molecule has 0 radical (unpaired) electrons. The lowest BCUT2D eigenvalue weighted by Gasteiger charge is -2.61. The molecule has 1 heterocycles. The zero-order valence-electron chi connectivity index (χ0n) is 21.4. The second kappa shape index (κ2) is 7.48. The second-order valence-electron chi connectivity index (χ2n) is 13.4. The fourth-order valence-electron chi connectivity index (χ4n) is 9.06. The largest absolute Gasteiger partial charge is 0.373 e. The molecule has 4 aliphatic rings. The third-order valence-electron chi connectivity index (χ3n) is 10.6. The lowest BCUT2D eigenvalue weighted by atomic mass is 9.44. The summed E-state index contributed by atoms with van der Waals surface area (Å²) in [6, 6.07) is 9.27. The molecule has 0 amide bonds. The van der Waals surface area contributed by atoms with E-state index in [1.165, 1.54) is 67.8 Å². The summed E-state index contributed by atoms with van der Waals surface area (Å²) in [6.45, 7) is 11.9. The number of aromatic amines is 1. The highest BCUT2D eigenvalue weighted by atomic mass is 16.5. The summed E-state index contributed by atoms with van der Waals surface area (Å²) < 4.78 is 6.47. The average Bonchev–Trinajstić information content (AvgIpc) is 3.36. The van der Waals surface area contributed by atoms with Gasteiger partial charge in [0.05, 0.1) is 11.7 Å². The van der Waals surface area contributed by atoms with Gasteiger partial charge in [0.1, 0.15) is 0 Å². The minimum atomic E-state index is -0.0163. The van der Waals surface area contributed by atoms with Gasteiger partial charge in [-0.15, -0.1) is 0 Å². The molecule has 0 bridgehead atoms. The van der Waals surface area contributed by atoms with Crippen LogP contribution in [0.5, 0.6) is 0 Å². The number of nitrogens with one attached hydrogen (secondary N) is 1. The smallest absolute Gasteiger partial charge is 0.0602 e. The zero-order valence-corrected chi connectivity index (χ0v) is 21.4. The molecule has 178 valence electrons. The van der Waals surface area contributed by atoms with Crippen LogP contribution >= 0.6 is 0 Å². The monoisotopic (exact) mass is 445 g/mol. The van der Waals surface area contributed by atoms with E-state index in [4.69, 9.17) is 4.74 Å². The number of H-pyrrole nitrogens is 1. The molecule has 1 aromatic carbocycles. The molecule has 1 aromatic heterocycles. The highest BCUT2D eigenvalue weighted by Gasteiger charge is 2.58. The van der Waals surface area contributed by atoms with Gasteiger partial charge in [-0.1, -0.05) is 26.0 Å². The van der Waals surface area contributed by atoms with E-state index in [0.29, 0.717) is 16.9 Å². The summed E-state index contributed by atoms with van der Waals surface area (Å²) in [4.78, 5) is 3.36. The van der Waals surface area contributed by atoms with Gasteiger partial charge in [-0.2, -0.15) is 0 Å². The van der Waals surface area contributed by atoms with Crippen LogP contribution in [-0.4, -0.2) is 16.7 Å². The molecule has 2 heteroatoms. The van der Waals surface area contributed by atoms with Crippen molar-refractivity contribution in [2.45, 2.75) is 97.7 Å². The van der Waals surface area contributed by atoms with Crippen molar-refractivity contribution in [3.63, 3.8) is 0 Å². The molecule has 2 aromatic rings. The maximum absolute atomic E-state index is 6.47. The number of aromatic nitrogens is 1. The summed E-state index contributed by atoms with van der Waals surface area (Å²) in [7, 11) is 0. The van der Waals surface area contributed by atoms with Crippen molar-refractivity contribution < 1.29 is 4.74 Å². The van der Waals surface area contributed by atoms with E-state index in [-0.39, 0.29) is 5.60 Å². The maximum Gasteiger partial charge on any atom is 0.0602 e. The van der Waals surface area contributed by atoms with Gasteiger partial charge in [0, 0.05) is 11.7 Å². The molecule has 0 spiro atoms. The molecule has 6 rings (SSSR count). The second-order valence-corrected chi connectivity index (χ2v) is 13.4. The number of rotatable bonds is 2. The Morgan fingerprint density at radius 1 is 0.970 bits per heavy atom. The minimum Gasteiger partial charge on any atom is -0.373 e. The quantitative estimate of drug-likeness (QED) is 0.493. The first-order valence-electron chi connectivity index (χ1n) is 13.6. The molecule has 4 aliphatic carbocycles. The van der Waals surface area contributed by atoms with Crippen LogP contribution in [0.25, 0.3) is 16.5 Å². The standard InChI is InChI=1S/C31H43NO/c1-29(2,3)33-23-12-15-30(4)22(19-23)7-8-24-26-10-9-25(31(26,5)16-13-27(24)30)20-6-11-28-21(18-20)14-17-32-28/h6,9,11,14,17-18,22-24,26-27,32H,7-8,10,12-13,15-16,19H2,1-5H3/t22-,23-,24-,26-,27-,30-,31+/m0/s1. The van der Waals surface area contributed by atoms with Crippen molar-refractivity contribution in [2.24, 2.45) is 34.5 Å². The Morgan fingerprint density at radius 2 is 1.82 bits per heavy atom. The van der Waals surface area contributed by atoms with E-state index in [9.17, 15) is 0 Å². The molecule has 0 unspecified atom stereocenters. The molecule has 3 saturated carbocycles. The van der Waals surface area contributed by atoms with Crippen LogP contribution in [0.15, 0.2) is 36.5 Å². The van der Waals surface area contributed by atoms with Gasteiger partial charge in [0.2, 0.25) is 0 Å². The Labute approximate surface area is 200 Å². The summed E-state index contributed by atoms with van der Waals surface area (Å²) in [5.74, 6) is 3.49. The summed E-state index contributed by atoms with van der Waals surface area (Å²) in [5.41, 5.74) is 5.21. The van der Waals surface area contributed by atoms with Crippen molar-refractivity contribution in [3.05, 3.63) is 42.1 Å². The summed E-state index contributed by atoms with van der Waals surface area (Å²) in [5, 5.41) is 1.34. The van der Waals surface area contributed by atoms with E-state index >= 15 is 0 Å². The molecule has 1 N–H and O–H groups in total. The van der Waals surface area contributed by atoms with Crippen LogP contribution in [0, 0.1) is 34.5 Å². The van der Waals surface area contributed by atoms with Crippen molar-refractivity contribution in [1.82, 2.24) is 4.98 Å². The van der Waals surface area contributed by atoms with E-state index < -0.39 is 0 Å². The lowest BCUT2D eigenvalue weighted by molar-refractivity contribution is -0.148. The first-order valence-corrected chi connectivity index (χ1v) is 13.6. The van der Waals surface area contributed by atoms with Crippen LogP contribution in [0.2, 0.25) is 0 Å².